The molecule has 12 heteroatoms. The van der Waals surface area contributed by atoms with Crippen LogP contribution in [0.1, 0.15) is 11.3 Å². The Morgan fingerprint density at radius 1 is 1.08 bits per heavy atom. The van der Waals surface area contributed by atoms with E-state index in [9.17, 15) is 14.7 Å². The number of carbonyl (C=O) groups excluding carboxylic acids is 1. The molecule has 4 aromatic rings. The lowest BCUT2D eigenvalue weighted by atomic mass is 9.98. The van der Waals surface area contributed by atoms with E-state index in [0.29, 0.717) is 46.8 Å². The molecule has 3 aromatic heterocycles. The highest BCUT2D eigenvalue weighted by atomic mass is 19.1. The van der Waals surface area contributed by atoms with Crippen molar-refractivity contribution in [2.45, 2.75) is 19.9 Å². The van der Waals surface area contributed by atoms with Crippen molar-refractivity contribution >= 4 is 40.1 Å². The van der Waals surface area contributed by atoms with E-state index in [0.717, 1.165) is 11.1 Å². The number of likely N-dealkylation sites (N-methyl/N-ethyl adjacent to an activating group) is 1. The number of benzene rings is 1. The zero-order valence-corrected chi connectivity index (χ0v) is 20.7. The predicted molar refractivity (Wildman–Crippen MR) is 137 cm³/mol. The summed E-state index contributed by atoms with van der Waals surface area (Å²) in [6, 6.07) is 6.77. The molecule has 38 heavy (non-hydrogen) atoms. The highest BCUT2D eigenvalue weighted by Crippen LogP contribution is 2.40. The van der Waals surface area contributed by atoms with Gasteiger partial charge >= 0.3 is 6.09 Å². The predicted octanol–water partition coefficient (Wildman–Crippen LogP) is 3.58. The van der Waals surface area contributed by atoms with Gasteiger partial charge in [0.05, 0.1) is 6.54 Å². The van der Waals surface area contributed by atoms with Crippen molar-refractivity contribution in [3.63, 3.8) is 0 Å². The molecule has 0 fully saturated rings. The first-order chi connectivity index (χ1) is 18.3. The maximum Gasteiger partial charge on any atom is 0.412 e. The molecule has 5 heterocycles. The van der Waals surface area contributed by atoms with Crippen molar-refractivity contribution < 1.29 is 23.8 Å². The molecule has 194 valence electrons. The summed E-state index contributed by atoms with van der Waals surface area (Å²) >= 11 is 0. The molecule has 0 radical (unpaired) electrons. The first-order valence-corrected chi connectivity index (χ1v) is 12.1. The van der Waals surface area contributed by atoms with Crippen molar-refractivity contribution in [2.24, 2.45) is 0 Å². The number of anilines is 3. The van der Waals surface area contributed by atoms with E-state index in [1.54, 1.807) is 41.9 Å². The Hall–Kier alpha value is -4.74. The highest BCUT2D eigenvalue weighted by molar-refractivity contribution is 5.94. The number of ether oxygens (including phenoxy) is 1. The van der Waals surface area contributed by atoms with Crippen LogP contribution >= 0.6 is 0 Å². The summed E-state index contributed by atoms with van der Waals surface area (Å²) < 4.78 is 22.5. The fourth-order valence-corrected chi connectivity index (χ4v) is 4.88. The monoisotopic (exact) mass is 517 g/mol. The Kier molecular flexibility index (Phi) is 5.59. The molecular formula is C26H24FN7O4. The molecule has 2 aliphatic heterocycles. The number of hydrogen-bond acceptors (Lipinski definition) is 7. The van der Waals surface area contributed by atoms with Gasteiger partial charge in [-0.2, -0.15) is 5.10 Å². The van der Waals surface area contributed by atoms with Gasteiger partial charge in [0, 0.05) is 60.7 Å². The third-order valence-corrected chi connectivity index (χ3v) is 6.96. The summed E-state index contributed by atoms with van der Waals surface area (Å²) in [5, 5.41) is 18.7. The van der Waals surface area contributed by atoms with Gasteiger partial charge in [-0.3, -0.25) is 14.4 Å². The first kappa shape index (κ1) is 23.6. The lowest BCUT2D eigenvalue weighted by molar-refractivity contribution is -0.130. The average Bonchev–Trinajstić information content (AvgIpc) is 3.21. The second kappa shape index (κ2) is 8.98. The van der Waals surface area contributed by atoms with Gasteiger partial charge in [-0.05, 0) is 36.1 Å². The lowest BCUT2D eigenvalue weighted by Gasteiger charge is -2.28. The fourth-order valence-electron chi connectivity index (χ4n) is 4.88. The number of fused-ring (bicyclic) bond motifs is 3. The number of hydrogen-bond donors (Lipinski definition) is 2. The van der Waals surface area contributed by atoms with Crippen molar-refractivity contribution in [1.82, 2.24) is 24.6 Å². The Balaban J connectivity index is 1.35. The summed E-state index contributed by atoms with van der Waals surface area (Å²) in [4.78, 5) is 35.5. The third kappa shape index (κ3) is 4.03. The van der Waals surface area contributed by atoms with Gasteiger partial charge in [0.2, 0.25) is 11.8 Å². The molecule has 0 unspecified atom stereocenters. The van der Waals surface area contributed by atoms with Gasteiger partial charge in [-0.15, -0.1) is 0 Å². The second-order valence-electron chi connectivity index (χ2n) is 9.35. The molecule has 2 amide bonds. The molecule has 6 rings (SSSR count). The number of halogens is 1. The van der Waals surface area contributed by atoms with Crippen molar-refractivity contribution in [3.8, 4) is 17.0 Å². The molecule has 0 bridgehead atoms. The zero-order valence-electron chi connectivity index (χ0n) is 20.7. The number of nitrogens with one attached hydrogen (secondary N) is 1. The summed E-state index contributed by atoms with van der Waals surface area (Å²) in [6.45, 7) is 2.90. The van der Waals surface area contributed by atoms with Crippen LogP contribution < -0.4 is 15.0 Å². The molecule has 0 atom stereocenters. The van der Waals surface area contributed by atoms with Crippen LogP contribution in [0, 0.1) is 12.7 Å². The molecule has 2 aliphatic rings. The smallest absolute Gasteiger partial charge is 0.412 e. The van der Waals surface area contributed by atoms with E-state index < -0.39 is 11.9 Å². The standard InChI is InChI=1S/C26H24FN7O4/c1-14-19(12-29-25-24(14)33(26(36)37)5-6-38-25)18-7-15-9-21(28-11-16(15)8-20(18)27)30-22-10-17-3-4-32(2)23(35)13-34(17)31-22/h7-12H,3-6,13H2,1-2H3,(H,36,37)(H,28,30,31). The van der Waals surface area contributed by atoms with Crippen molar-refractivity contribution in [1.29, 1.82) is 0 Å². The van der Waals surface area contributed by atoms with Crippen LogP contribution in [0.2, 0.25) is 0 Å². The molecule has 1 aromatic carbocycles. The Bertz CT molecular complexity index is 1620. The van der Waals surface area contributed by atoms with Gasteiger partial charge in [-0.1, -0.05) is 0 Å². The number of carbonyl (C=O) groups is 2. The van der Waals surface area contributed by atoms with Crippen LogP contribution in [0.3, 0.4) is 0 Å². The number of amides is 2. The average molecular weight is 518 g/mol. The number of aromatic nitrogens is 4. The highest BCUT2D eigenvalue weighted by Gasteiger charge is 2.28. The summed E-state index contributed by atoms with van der Waals surface area (Å²) in [5.41, 5.74) is 2.59. The van der Waals surface area contributed by atoms with E-state index >= 15 is 4.39 Å². The van der Waals surface area contributed by atoms with Gasteiger partial charge in [0.15, 0.2) is 5.82 Å². The largest absolute Gasteiger partial charge is 0.474 e. The maximum absolute atomic E-state index is 15.3. The van der Waals surface area contributed by atoms with Crippen molar-refractivity contribution in [3.05, 3.63) is 53.7 Å². The van der Waals surface area contributed by atoms with Crippen LogP contribution in [0.15, 0.2) is 36.7 Å². The second-order valence-corrected chi connectivity index (χ2v) is 9.35. The van der Waals surface area contributed by atoms with E-state index in [1.165, 1.54) is 17.2 Å². The summed E-state index contributed by atoms with van der Waals surface area (Å²) in [5.74, 6) is 0.814. The number of nitrogens with zero attached hydrogens (tertiary/aromatic N) is 6. The van der Waals surface area contributed by atoms with Crippen LogP contribution in [0.4, 0.5) is 26.5 Å². The van der Waals surface area contributed by atoms with Gasteiger partial charge < -0.3 is 20.1 Å². The number of rotatable bonds is 3. The normalized spacial score (nSPS) is 15.1. The van der Waals surface area contributed by atoms with Crippen molar-refractivity contribution in [2.75, 3.05) is 37.0 Å². The van der Waals surface area contributed by atoms with Crippen LogP contribution in [-0.4, -0.2) is 68.5 Å². The Morgan fingerprint density at radius 3 is 2.74 bits per heavy atom. The van der Waals surface area contributed by atoms with Gasteiger partial charge in [-0.25, -0.2) is 19.2 Å². The Labute approximate surface area is 216 Å². The molecule has 0 spiro atoms. The third-order valence-electron chi connectivity index (χ3n) is 6.96. The van der Waals surface area contributed by atoms with E-state index in [-0.39, 0.29) is 37.0 Å². The van der Waals surface area contributed by atoms with E-state index in [4.69, 9.17) is 4.74 Å². The molecule has 0 saturated carbocycles. The van der Waals surface area contributed by atoms with E-state index in [2.05, 4.69) is 20.4 Å². The SMILES string of the molecule is Cc1c(-c2cc3cc(Nc4cc5n(n4)CC(=O)N(C)CC5)ncc3cc2F)cnc2c1N(C(=O)O)CCO2. The van der Waals surface area contributed by atoms with Gasteiger partial charge in [0.1, 0.15) is 30.5 Å². The molecular weight excluding hydrogens is 493 g/mol. The molecule has 0 aliphatic carbocycles. The van der Waals surface area contributed by atoms with E-state index in [1.807, 2.05) is 6.07 Å². The number of pyridine rings is 2. The van der Waals surface area contributed by atoms with Crippen LogP contribution in [0.5, 0.6) is 5.88 Å². The minimum absolute atomic E-state index is 0.00165. The lowest BCUT2D eigenvalue weighted by Crippen LogP contribution is -2.37. The summed E-state index contributed by atoms with van der Waals surface area (Å²) in [6.07, 6.45) is 2.65. The minimum Gasteiger partial charge on any atom is -0.474 e. The van der Waals surface area contributed by atoms with Crippen LogP contribution in [-0.2, 0) is 17.8 Å². The first-order valence-electron chi connectivity index (χ1n) is 12.1. The topological polar surface area (TPSA) is 126 Å². The molecule has 11 nitrogen and oxygen atoms in total. The summed E-state index contributed by atoms with van der Waals surface area (Å²) in [7, 11) is 1.78. The Morgan fingerprint density at radius 2 is 1.92 bits per heavy atom. The minimum atomic E-state index is -1.12. The molecule has 0 saturated heterocycles. The van der Waals surface area contributed by atoms with Crippen LogP contribution in [0.25, 0.3) is 21.9 Å². The molecule has 2 N–H and O–H groups in total. The maximum atomic E-state index is 15.3. The zero-order chi connectivity index (χ0) is 26.6. The quantitative estimate of drug-likeness (QED) is 0.423. The van der Waals surface area contributed by atoms with Gasteiger partial charge in [0.25, 0.3) is 0 Å². The fraction of sp³-hybridized carbons (Fsp3) is 0.269. The number of carboxylic acid groups (broad SMARTS) is 1.